The normalized spacial score (nSPS) is 33.7. The minimum absolute atomic E-state index is 0.651. The van der Waals surface area contributed by atoms with Crippen LogP contribution >= 0.6 is 0 Å². The van der Waals surface area contributed by atoms with Crippen LogP contribution < -0.4 is 0 Å². The van der Waals surface area contributed by atoms with Crippen LogP contribution in [0.1, 0.15) is 33.1 Å². The molecule has 0 saturated carbocycles. The summed E-state index contributed by atoms with van der Waals surface area (Å²) in [5.74, 6) is 0.884. The van der Waals surface area contributed by atoms with Crippen LogP contribution in [0.2, 0.25) is 0 Å². The van der Waals surface area contributed by atoms with Crippen molar-refractivity contribution < 1.29 is 4.74 Å². The molecule has 2 rings (SSSR count). The van der Waals surface area contributed by atoms with E-state index in [1.165, 1.54) is 38.9 Å². The molecule has 1 saturated heterocycles. The number of nitrogens with zero attached hydrogens (tertiary/aromatic N) is 2. The molecule has 1 aliphatic heterocycles. The van der Waals surface area contributed by atoms with Gasteiger partial charge < -0.3 is 4.74 Å². The minimum atomic E-state index is 0.651. The van der Waals surface area contributed by atoms with E-state index in [2.05, 4.69) is 35.8 Å². The van der Waals surface area contributed by atoms with Crippen LogP contribution in [0, 0.1) is 5.92 Å². The quantitative estimate of drug-likeness (QED) is 0.711. The molecule has 0 radical (unpaired) electrons. The molecule has 2 aliphatic rings. The summed E-state index contributed by atoms with van der Waals surface area (Å²) in [5.41, 5.74) is 0. The SMILES string of the molecule is COCCN1[C@H](C)CN(C[C@@H]2CC=CCC2)C[C@H]1C. The summed E-state index contributed by atoms with van der Waals surface area (Å²) in [7, 11) is 1.79. The van der Waals surface area contributed by atoms with Gasteiger partial charge in [0.2, 0.25) is 0 Å². The molecule has 19 heavy (non-hydrogen) atoms. The molecule has 0 aromatic carbocycles. The van der Waals surface area contributed by atoms with Crippen molar-refractivity contribution in [3.05, 3.63) is 12.2 Å². The smallest absolute Gasteiger partial charge is 0.0589 e. The predicted molar refractivity (Wildman–Crippen MR) is 80.4 cm³/mol. The fraction of sp³-hybridized carbons (Fsp3) is 0.875. The highest BCUT2D eigenvalue weighted by atomic mass is 16.5. The van der Waals surface area contributed by atoms with Crippen molar-refractivity contribution in [2.45, 2.75) is 45.2 Å². The number of piperazine rings is 1. The third-order valence-corrected chi connectivity index (χ3v) is 4.62. The molecule has 110 valence electrons. The van der Waals surface area contributed by atoms with Crippen LogP contribution in [-0.4, -0.2) is 61.8 Å². The van der Waals surface area contributed by atoms with E-state index in [1.807, 2.05) is 0 Å². The van der Waals surface area contributed by atoms with Crippen LogP contribution in [0.4, 0.5) is 0 Å². The number of rotatable bonds is 5. The van der Waals surface area contributed by atoms with Gasteiger partial charge in [0.25, 0.3) is 0 Å². The van der Waals surface area contributed by atoms with Crippen molar-refractivity contribution in [2.75, 3.05) is 39.9 Å². The molecular formula is C16H30N2O. The van der Waals surface area contributed by atoms with Crippen LogP contribution in [0.5, 0.6) is 0 Å². The molecule has 0 unspecified atom stereocenters. The Morgan fingerprint density at radius 3 is 2.47 bits per heavy atom. The summed E-state index contributed by atoms with van der Waals surface area (Å²) in [6, 6.07) is 1.30. The van der Waals surface area contributed by atoms with Gasteiger partial charge in [-0.05, 0) is 39.0 Å². The summed E-state index contributed by atoms with van der Waals surface area (Å²) in [4.78, 5) is 5.28. The lowest BCUT2D eigenvalue weighted by molar-refractivity contribution is 0.0147. The lowest BCUT2D eigenvalue weighted by Crippen LogP contribution is -2.57. The van der Waals surface area contributed by atoms with Gasteiger partial charge in [-0.25, -0.2) is 0 Å². The molecule has 0 spiro atoms. The first-order valence-electron chi connectivity index (χ1n) is 7.82. The minimum Gasteiger partial charge on any atom is -0.383 e. The molecule has 1 aliphatic carbocycles. The van der Waals surface area contributed by atoms with Gasteiger partial charge in [-0.2, -0.15) is 0 Å². The van der Waals surface area contributed by atoms with E-state index in [-0.39, 0.29) is 0 Å². The highest BCUT2D eigenvalue weighted by Crippen LogP contribution is 2.22. The number of hydrogen-bond donors (Lipinski definition) is 0. The Morgan fingerprint density at radius 2 is 1.89 bits per heavy atom. The maximum atomic E-state index is 5.23. The van der Waals surface area contributed by atoms with E-state index < -0.39 is 0 Å². The molecule has 0 bridgehead atoms. The molecule has 0 aromatic heterocycles. The van der Waals surface area contributed by atoms with E-state index >= 15 is 0 Å². The Morgan fingerprint density at radius 1 is 1.16 bits per heavy atom. The van der Waals surface area contributed by atoms with E-state index in [1.54, 1.807) is 7.11 Å². The maximum absolute atomic E-state index is 5.23. The number of hydrogen-bond acceptors (Lipinski definition) is 3. The average molecular weight is 266 g/mol. The van der Waals surface area contributed by atoms with Gasteiger partial charge in [-0.1, -0.05) is 12.2 Å². The zero-order valence-corrected chi connectivity index (χ0v) is 12.8. The second-order valence-electron chi connectivity index (χ2n) is 6.30. The van der Waals surface area contributed by atoms with Crippen molar-refractivity contribution in [1.29, 1.82) is 0 Å². The Kier molecular flexibility index (Phi) is 5.86. The first kappa shape index (κ1) is 15.0. The standard InChI is InChI=1S/C16H30N2O/c1-14-11-17(13-16-7-5-4-6-8-16)12-15(2)18(14)9-10-19-3/h4-5,14-16H,6-13H2,1-3H3/t14-,15-,16-/m1/s1. The van der Waals surface area contributed by atoms with Gasteiger partial charge in [-0.15, -0.1) is 0 Å². The van der Waals surface area contributed by atoms with Crippen LogP contribution in [-0.2, 0) is 4.74 Å². The van der Waals surface area contributed by atoms with Gasteiger partial charge in [0.15, 0.2) is 0 Å². The van der Waals surface area contributed by atoms with E-state index in [0.29, 0.717) is 12.1 Å². The lowest BCUT2D eigenvalue weighted by atomic mass is 9.93. The van der Waals surface area contributed by atoms with Gasteiger partial charge in [0, 0.05) is 45.4 Å². The largest absolute Gasteiger partial charge is 0.383 e. The molecule has 0 amide bonds. The predicted octanol–water partition coefficient (Wildman–Crippen LogP) is 2.38. The molecule has 3 heteroatoms. The molecule has 1 heterocycles. The molecule has 1 fully saturated rings. The van der Waals surface area contributed by atoms with Crippen LogP contribution in [0.25, 0.3) is 0 Å². The Labute approximate surface area is 118 Å². The first-order valence-corrected chi connectivity index (χ1v) is 7.82. The van der Waals surface area contributed by atoms with Gasteiger partial charge in [0.1, 0.15) is 0 Å². The van der Waals surface area contributed by atoms with Crippen molar-refractivity contribution in [2.24, 2.45) is 5.92 Å². The highest BCUT2D eigenvalue weighted by Gasteiger charge is 2.29. The highest BCUT2D eigenvalue weighted by molar-refractivity contribution is 4.92. The summed E-state index contributed by atoms with van der Waals surface area (Å²) in [5, 5.41) is 0. The summed E-state index contributed by atoms with van der Waals surface area (Å²) < 4.78 is 5.23. The summed E-state index contributed by atoms with van der Waals surface area (Å²) in [6.07, 6.45) is 8.65. The summed E-state index contributed by atoms with van der Waals surface area (Å²) in [6.45, 7) is 10.4. The molecular weight excluding hydrogens is 236 g/mol. The van der Waals surface area contributed by atoms with Gasteiger partial charge >= 0.3 is 0 Å². The molecule has 0 aromatic rings. The zero-order valence-electron chi connectivity index (χ0n) is 12.8. The number of methoxy groups -OCH3 is 1. The third-order valence-electron chi connectivity index (χ3n) is 4.62. The van der Waals surface area contributed by atoms with E-state index in [4.69, 9.17) is 4.74 Å². The molecule has 3 atom stereocenters. The third kappa shape index (κ3) is 4.30. The fourth-order valence-corrected chi connectivity index (χ4v) is 3.64. The monoisotopic (exact) mass is 266 g/mol. The zero-order chi connectivity index (χ0) is 13.7. The number of ether oxygens (including phenoxy) is 1. The second kappa shape index (κ2) is 7.41. The Hall–Kier alpha value is -0.380. The molecule has 3 nitrogen and oxygen atoms in total. The Balaban J connectivity index is 1.81. The van der Waals surface area contributed by atoms with Crippen molar-refractivity contribution >= 4 is 0 Å². The maximum Gasteiger partial charge on any atom is 0.0589 e. The van der Waals surface area contributed by atoms with Crippen LogP contribution in [0.15, 0.2) is 12.2 Å². The lowest BCUT2D eigenvalue weighted by Gasteiger charge is -2.45. The second-order valence-corrected chi connectivity index (χ2v) is 6.30. The fourth-order valence-electron chi connectivity index (χ4n) is 3.64. The topological polar surface area (TPSA) is 15.7 Å². The van der Waals surface area contributed by atoms with Crippen molar-refractivity contribution in [3.63, 3.8) is 0 Å². The Bertz CT molecular complexity index is 280. The van der Waals surface area contributed by atoms with Crippen molar-refractivity contribution in [3.8, 4) is 0 Å². The van der Waals surface area contributed by atoms with Gasteiger partial charge in [0.05, 0.1) is 6.61 Å². The summed E-state index contributed by atoms with van der Waals surface area (Å²) >= 11 is 0. The van der Waals surface area contributed by atoms with E-state index in [9.17, 15) is 0 Å². The van der Waals surface area contributed by atoms with Crippen LogP contribution in [0.3, 0.4) is 0 Å². The molecule has 0 N–H and O–H groups in total. The number of allylic oxidation sites excluding steroid dienone is 2. The average Bonchev–Trinajstić information content (AvgIpc) is 2.39. The van der Waals surface area contributed by atoms with Gasteiger partial charge in [-0.3, -0.25) is 9.80 Å². The van der Waals surface area contributed by atoms with Crippen molar-refractivity contribution in [1.82, 2.24) is 9.80 Å². The van der Waals surface area contributed by atoms with E-state index in [0.717, 1.165) is 19.1 Å². The first-order chi connectivity index (χ1) is 9.20.